The standard InChI is InChI=1S/C21H22F2N2O5/c1-11(26)16-9-12(7-8-25(16)28)24-20(27)19-14(10-21(2,3)30-19)13-5-6-15(22)17(23)18(13)29-4/h5-9,14,19H,10H2,1-4H3,(H,24,27)/t14-,19+/m1/s1. The number of anilines is 1. The number of rotatable bonds is 5. The molecule has 1 saturated heterocycles. The Hall–Kier alpha value is -3.07. The lowest BCUT2D eigenvalue weighted by Gasteiger charge is -2.21. The first-order chi connectivity index (χ1) is 14.0. The van der Waals surface area contributed by atoms with Gasteiger partial charge in [-0.05, 0) is 26.3 Å². The van der Waals surface area contributed by atoms with E-state index in [4.69, 9.17) is 9.47 Å². The number of Topliss-reactive ketones (excluding diaryl/α,β-unsaturated/α-hetero) is 1. The van der Waals surface area contributed by atoms with E-state index >= 15 is 0 Å². The summed E-state index contributed by atoms with van der Waals surface area (Å²) in [5.74, 6) is -4.07. The smallest absolute Gasteiger partial charge is 0.261 e. The minimum absolute atomic E-state index is 0.126. The van der Waals surface area contributed by atoms with E-state index in [0.29, 0.717) is 16.7 Å². The van der Waals surface area contributed by atoms with Crippen LogP contribution in [-0.2, 0) is 9.53 Å². The van der Waals surface area contributed by atoms with Crippen LogP contribution in [0.25, 0.3) is 0 Å². The van der Waals surface area contributed by atoms with Crippen LogP contribution in [0.1, 0.15) is 49.2 Å². The van der Waals surface area contributed by atoms with Gasteiger partial charge in [-0.3, -0.25) is 9.59 Å². The molecule has 0 bridgehead atoms. The summed E-state index contributed by atoms with van der Waals surface area (Å²) in [5.41, 5.74) is -0.278. The van der Waals surface area contributed by atoms with Crippen molar-refractivity contribution in [2.75, 3.05) is 12.4 Å². The van der Waals surface area contributed by atoms with E-state index in [9.17, 15) is 23.6 Å². The number of carbonyl (C=O) groups excluding carboxylic acids is 2. The molecule has 0 spiro atoms. The maximum atomic E-state index is 14.2. The summed E-state index contributed by atoms with van der Waals surface area (Å²) in [4.78, 5) is 24.6. The van der Waals surface area contributed by atoms with Gasteiger partial charge in [0.15, 0.2) is 17.8 Å². The second-order valence-corrected chi connectivity index (χ2v) is 7.76. The summed E-state index contributed by atoms with van der Waals surface area (Å²) in [6, 6.07) is 4.98. The third kappa shape index (κ3) is 4.11. The van der Waals surface area contributed by atoms with Crippen molar-refractivity contribution in [2.45, 2.75) is 44.8 Å². The normalized spacial score (nSPS) is 20.1. The summed E-state index contributed by atoms with van der Waals surface area (Å²) >= 11 is 0. The van der Waals surface area contributed by atoms with Crippen LogP contribution in [-0.4, -0.2) is 30.5 Å². The Kier molecular flexibility index (Phi) is 5.76. The van der Waals surface area contributed by atoms with Crippen molar-refractivity contribution in [3.05, 3.63) is 58.6 Å². The molecule has 1 fully saturated rings. The van der Waals surface area contributed by atoms with E-state index in [1.54, 1.807) is 13.8 Å². The number of carbonyl (C=O) groups is 2. The van der Waals surface area contributed by atoms with Crippen molar-refractivity contribution in [3.63, 3.8) is 0 Å². The number of pyridine rings is 1. The van der Waals surface area contributed by atoms with Crippen molar-refractivity contribution in [3.8, 4) is 5.75 Å². The number of nitrogens with one attached hydrogen (secondary N) is 1. The predicted molar refractivity (Wildman–Crippen MR) is 103 cm³/mol. The molecule has 2 aromatic rings. The van der Waals surface area contributed by atoms with Gasteiger partial charge in [-0.1, -0.05) is 6.07 Å². The number of hydrogen-bond donors (Lipinski definition) is 1. The van der Waals surface area contributed by atoms with Gasteiger partial charge in [0.2, 0.25) is 11.6 Å². The highest BCUT2D eigenvalue weighted by atomic mass is 19.2. The zero-order chi connectivity index (χ0) is 22.2. The number of halogens is 2. The Bertz CT molecular complexity index is 1010. The average Bonchev–Trinajstić information content (AvgIpc) is 3.00. The summed E-state index contributed by atoms with van der Waals surface area (Å²) in [6.45, 7) is 4.82. The van der Waals surface area contributed by atoms with Crippen LogP contribution in [0.5, 0.6) is 5.75 Å². The third-order valence-electron chi connectivity index (χ3n) is 5.01. The number of ether oxygens (including phenoxy) is 2. The molecule has 0 saturated carbocycles. The van der Waals surface area contributed by atoms with E-state index in [1.165, 1.54) is 32.2 Å². The second kappa shape index (κ2) is 7.98. The van der Waals surface area contributed by atoms with Gasteiger partial charge >= 0.3 is 0 Å². The van der Waals surface area contributed by atoms with Crippen molar-refractivity contribution < 1.29 is 32.6 Å². The predicted octanol–water partition coefficient (Wildman–Crippen LogP) is 3.10. The topological polar surface area (TPSA) is 91.6 Å². The maximum absolute atomic E-state index is 14.2. The van der Waals surface area contributed by atoms with Gasteiger partial charge in [0, 0.05) is 30.5 Å². The Morgan fingerprint density at radius 1 is 1.30 bits per heavy atom. The number of amides is 1. The van der Waals surface area contributed by atoms with Gasteiger partial charge in [-0.25, -0.2) is 4.39 Å². The molecule has 0 aliphatic carbocycles. The van der Waals surface area contributed by atoms with E-state index in [0.717, 1.165) is 12.3 Å². The number of methoxy groups -OCH3 is 1. The fourth-order valence-electron chi connectivity index (χ4n) is 3.70. The monoisotopic (exact) mass is 420 g/mol. The van der Waals surface area contributed by atoms with Crippen molar-refractivity contribution in [1.29, 1.82) is 0 Å². The Labute approximate surface area is 172 Å². The van der Waals surface area contributed by atoms with Gasteiger partial charge in [0.25, 0.3) is 11.6 Å². The van der Waals surface area contributed by atoms with Gasteiger partial charge in [-0.2, -0.15) is 9.12 Å². The van der Waals surface area contributed by atoms with Crippen molar-refractivity contribution >= 4 is 17.4 Å². The van der Waals surface area contributed by atoms with Gasteiger partial charge in [-0.15, -0.1) is 0 Å². The van der Waals surface area contributed by atoms with Gasteiger partial charge < -0.3 is 20.0 Å². The van der Waals surface area contributed by atoms with E-state index < -0.39 is 40.9 Å². The van der Waals surface area contributed by atoms with Crippen LogP contribution in [0.2, 0.25) is 0 Å². The summed E-state index contributed by atoms with van der Waals surface area (Å²) in [6.07, 6.45) is 0.446. The Morgan fingerprint density at radius 2 is 2.00 bits per heavy atom. The molecule has 0 radical (unpaired) electrons. The van der Waals surface area contributed by atoms with Crippen LogP contribution < -0.4 is 14.8 Å². The molecule has 3 rings (SSSR count). The summed E-state index contributed by atoms with van der Waals surface area (Å²) < 4.78 is 39.2. The molecular formula is C21H22F2N2O5. The Balaban J connectivity index is 1.94. The first-order valence-corrected chi connectivity index (χ1v) is 9.29. The molecule has 30 heavy (non-hydrogen) atoms. The molecular weight excluding hydrogens is 398 g/mol. The zero-order valence-corrected chi connectivity index (χ0v) is 17.0. The minimum atomic E-state index is -1.13. The molecule has 1 amide bonds. The van der Waals surface area contributed by atoms with Crippen LogP contribution >= 0.6 is 0 Å². The van der Waals surface area contributed by atoms with E-state index in [-0.39, 0.29) is 17.1 Å². The van der Waals surface area contributed by atoms with Crippen molar-refractivity contribution in [1.82, 2.24) is 0 Å². The first kappa shape index (κ1) is 21.6. The number of aromatic nitrogens is 1. The van der Waals surface area contributed by atoms with Gasteiger partial charge in [0.1, 0.15) is 6.10 Å². The second-order valence-electron chi connectivity index (χ2n) is 7.76. The third-order valence-corrected chi connectivity index (χ3v) is 5.01. The molecule has 1 aromatic heterocycles. The Morgan fingerprint density at radius 3 is 2.63 bits per heavy atom. The molecule has 2 atom stereocenters. The van der Waals surface area contributed by atoms with Crippen LogP contribution in [0.4, 0.5) is 14.5 Å². The molecule has 2 heterocycles. The molecule has 1 N–H and O–H groups in total. The van der Waals surface area contributed by atoms with E-state index in [1.807, 2.05) is 0 Å². The lowest BCUT2D eigenvalue weighted by atomic mass is 9.86. The highest BCUT2D eigenvalue weighted by Crippen LogP contribution is 2.45. The largest absolute Gasteiger partial charge is 0.618 e. The summed E-state index contributed by atoms with van der Waals surface area (Å²) in [5, 5.41) is 14.3. The molecule has 1 aliphatic rings. The van der Waals surface area contributed by atoms with Crippen molar-refractivity contribution in [2.24, 2.45) is 0 Å². The molecule has 1 aromatic carbocycles. The molecule has 1 aliphatic heterocycles. The van der Waals surface area contributed by atoms with Crippen LogP contribution in [0.3, 0.4) is 0 Å². The highest BCUT2D eigenvalue weighted by Gasteiger charge is 2.46. The maximum Gasteiger partial charge on any atom is 0.261 e. The van der Waals surface area contributed by atoms with E-state index in [2.05, 4.69) is 5.32 Å². The van der Waals surface area contributed by atoms with Crippen LogP contribution in [0.15, 0.2) is 30.5 Å². The zero-order valence-electron chi connectivity index (χ0n) is 17.0. The number of ketones is 1. The minimum Gasteiger partial charge on any atom is -0.618 e. The number of hydrogen-bond acceptors (Lipinski definition) is 5. The fraction of sp³-hybridized carbons (Fsp3) is 0.381. The number of benzene rings is 1. The average molecular weight is 420 g/mol. The fourth-order valence-corrected chi connectivity index (χ4v) is 3.70. The SMILES string of the molecule is COc1c([C@H]2CC(C)(C)O[C@@H]2C(=O)Nc2cc[n+]([O-])c(C(C)=O)c2)ccc(F)c1F. The quantitative estimate of drug-likeness (QED) is 0.456. The lowest BCUT2D eigenvalue weighted by molar-refractivity contribution is -0.607. The molecule has 7 nitrogen and oxygen atoms in total. The molecule has 160 valence electrons. The molecule has 0 unspecified atom stereocenters. The van der Waals surface area contributed by atoms with Crippen LogP contribution in [0, 0.1) is 16.8 Å². The molecule has 9 heteroatoms. The number of nitrogens with zero attached hydrogens (tertiary/aromatic N) is 1. The lowest BCUT2D eigenvalue weighted by Crippen LogP contribution is -2.35. The van der Waals surface area contributed by atoms with Gasteiger partial charge in [0.05, 0.1) is 18.4 Å². The highest BCUT2D eigenvalue weighted by molar-refractivity contribution is 5.97. The first-order valence-electron chi connectivity index (χ1n) is 9.29. The summed E-state index contributed by atoms with van der Waals surface area (Å²) in [7, 11) is 1.23.